The summed E-state index contributed by atoms with van der Waals surface area (Å²) in [6.07, 6.45) is 8.93. The average molecular weight is 389 g/mol. The van der Waals surface area contributed by atoms with E-state index in [0.717, 1.165) is 0 Å². The summed E-state index contributed by atoms with van der Waals surface area (Å²) >= 11 is 0. The molecule has 3 atom stereocenters. The molecule has 0 bridgehead atoms. The Labute approximate surface area is 169 Å². The number of rotatable bonds is 9. The summed E-state index contributed by atoms with van der Waals surface area (Å²) in [6, 6.07) is 10.4. The zero-order valence-electron chi connectivity index (χ0n) is 18.1. The Morgan fingerprint density at radius 1 is 1.11 bits per heavy atom. The lowest BCUT2D eigenvalue weighted by Crippen LogP contribution is -2.48. The summed E-state index contributed by atoms with van der Waals surface area (Å²) in [6.45, 7) is 16.4. The van der Waals surface area contributed by atoms with E-state index in [-0.39, 0.29) is 17.6 Å². The van der Waals surface area contributed by atoms with Crippen molar-refractivity contribution in [3.8, 4) is 0 Å². The molecule has 0 aliphatic heterocycles. The van der Waals surface area contributed by atoms with Crippen LogP contribution in [0.3, 0.4) is 0 Å². The molecule has 0 N–H and O–H groups in total. The van der Waals surface area contributed by atoms with Crippen LogP contribution >= 0.6 is 0 Å². The SMILES string of the molecule is C=C[C@H](OCc1ccccc1)[C@H](C(O[SiH](C)C)C1CCCCC1)C(C)(C)C. The van der Waals surface area contributed by atoms with Crippen LogP contribution in [0.25, 0.3) is 0 Å². The first-order valence-electron chi connectivity index (χ1n) is 10.8. The first kappa shape index (κ1) is 22.4. The predicted molar refractivity (Wildman–Crippen MR) is 118 cm³/mol. The van der Waals surface area contributed by atoms with Crippen LogP contribution in [0.4, 0.5) is 0 Å². The molecule has 1 saturated carbocycles. The highest BCUT2D eigenvalue weighted by atomic mass is 28.3. The van der Waals surface area contributed by atoms with Crippen LogP contribution < -0.4 is 0 Å². The minimum atomic E-state index is -1.15. The number of hydrogen-bond acceptors (Lipinski definition) is 2. The van der Waals surface area contributed by atoms with Crippen molar-refractivity contribution in [3.63, 3.8) is 0 Å². The van der Waals surface area contributed by atoms with E-state index in [1.165, 1.54) is 37.7 Å². The molecule has 2 nitrogen and oxygen atoms in total. The highest BCUT2D eigenvalue weighted by molar-refractivity contribution is 6.48. The van der Waals surface area contributed by atoms with Crippen molar-refractivity contribution in [2.24, 2.45) is 17.3 Å². The highest BCUT2D eigenvalue weighted by Gasteiger charge is 2.42. The molecule has 1 aromatic carbocycles. The van der Waals surface area contributed by atoms with E-state index in [1.807, 2.05) is 12.1 Å². The summed E-state index contributed by atoms with van der Waals surface area (Å²) in [7, 11) is -1.15. The molecule has 0 spiro atoms. The normalized spacial score (nSPS) is 19.6. The molecular weight excluding hydrogens is 348 g/mol. The summed E-state index contributed by atoms with van der Waals surface area (Å²) in [5.74, 6) is 0.970. The van der Waals surface area contributed by atoms with Gasteiger partial charge in [0.2, 0.25) is 0 Å². The van der Waals surface area contributed by atoms with Crippen LogP contribution in [-0.4, -0.2) is 21.2 Å². The van der Waals surface area contributed by atoms with Gasteiger partial charge in [0.05, 0.1) is 18.8 Å². The third-order valence-corrected chi connectivity index (χ3v) is 6.63. The maximum absolute atomic E-state index is 6.72. The molecular formula is C24H40O2Si. The summed E-state index contributed by atoms with van der Waals surface area (Å²) < 4.78 is 13.2. The molecule has 152 valence electrons. The molecule has 27 heavy (non-hydrogen) atoms. The van der Waals surface area contributed by atoms with Crippen LogP contribution in [0.1, 0.15) is 58.4 Å². The van der Waals surface area contributed by atoms with Gasteiger partial charge in [-0.3, -0.25) is 0 Å². The van der Waals surface area contributed by atoms with Gasteiger partial charge < -0.3 is 9.16 Å². The van der Waals surface area contributed by atoms with Gasteiger partial charge in [-0.1, -0.05) is 76.4 Å². The molecule has 1 aromatic rings. The first-order valence-corrected chi connectivity index (χ1v) is 13.5. The van der Waals surface area contributed by atoms with Crippen molar-refractivity contribution in [3.05, 3.63) is 48.6 Å². The standard InChI is InChI=1S/C24H40O2Si/c1-7-21(25-18-19-14-10-8-11-15-19)22(24(2,3)4)23(26-27(5)6)20-16-12-9-13-17-20/h7-8,10-11,14-15,20-23,27H,1,9,12-13,16-18H2,2-6H3/t21-,22+,23?/m0/s1. The Hall–Kier alpha value is -0.903. The molecule has 0 amide bonds. The number of hydrogen-bond donors (Lipinski definition) is 0. The Morgan fingerprint density at radius 3 is 2.26 bits per heavy atom. The maximum Gasteiger partial charge on any atom is 0.171 e. The summed E-state index contributed by atoms with van der Waals surface area (Å²) in [5.41, 5.74) is 1.31. The van der Waals surface area contributed by atoms with Crippen molar-refractivity contribution >= 4 is 9.04 Å². The van der Waals surface area contributed by atoms with Gasteiger partial charge in [0.1, 0.15) is 0 Å². The van der Waals surface area contributed by atoms with Gasteiger partial charge in [0.15, 0.2) is 9.04 Å². The fourth-order valence-corrected chi connectivity index (χ4v) is 5.54. The quantitative estimate of drug-likeness (QED) is 0.361. The van der Waals surface area contributed by atoms with E-state index >= 15 is 0 Å². The van der Waals surface area contributed by atoms with Gasteiger partial charge in [-0.15, -0.1) is 6.58 Å². The van der Waals surface area contributed by atoms with E-state index in [1.54, 1.807) is 0 Å². The second-order valence-electron chi connectivity index (χ2n) is 9.44. The van der Waals surface area contributed by atoms with Gasteiger partial charge in [-0.25, -0.2) is 0 Å². The smallest absolute Gasteiger partial charge is 0.171 e. The lowest BCUT2D eigenvalue weighted by molar-refractivity contribution is -0.0781. The Balaban J connectivity index is 2.23. The van der Waals surface area contributed by atoms with Gasteiger partial charge in [0.25, 0.3) is 0 Å². The molecule has 1 aliphatic carbocycles. The molecule has 2 rings (SSSR count). The minimum absolute atomic E-state index is 0.00452. The molecule has 0 heterocycles. The Bertz CT molecular complexity index is 543. The molecule has 1 aliphatic rings. The third kappa shape index (κ3) is 6.89. The van der Waals surface area contributed by atoms with E-state index in [2.05, 4.69) is 64.7 Å². The molecule has 0 aromatic heterocycles. The fourth-order valence-electron chi connectivity index (χ4n) is 4.52. The lowest BCUT2D eigenvalue weighted by Gasteiger charge is -2.45. The summed E-state index contributed by atoms with van der Waals surface area (Å²) in [4.78, 5) is 0. The van der Waals surface area contributed by atoms with E-state index in [9.17, 15) is 0 Å². The summed E-state index contributed by atoms with van der Waals surface area (Å²) in [5, 5.41) is 0. The van der Waals surface area contributed by atoms with Crippen LogP contribution in [-0.2, 0) is 15.8 Å². The maximum atomic E-state index is 6.72. The third-order valence-electron chi connectivity index (χ3n) is 5.77. The molecule has 3 heteroatoms. The van der Waals surface area contributed by atoms with Crippen LogP contribution in [0.15, 0.2) is 43.0 Å². The Morgan fingerprint density at radius 2 is 1.74 bits per heavy atom. The van der Waals surface area contributed by atoms with Crippen molar-refractivity contribution in [1.82, 2.24) is 0 Å². The second kappa shape index (κ2) is 10.6. The van der Waals surface area contributed by atoms with E-state index in [4.69, 9.17) is 9.16 Å². The van der Waals surface area contributed by atoms with Crippen LogP contribution in [0.2, 0.25) is 13.1 Å². The zero-order chi connectivity index (χ0) is 19.9. The topological polar surface area (TPSA) is 18.5 Å². The Kier molecular flexibility index (Phi) is 8.78. The largest absolute Gasteiger partial charge is 0.417 e. The van der Waals surface area contributed by atoms with Gasteiger partial charge in [-0.05, 0) is 42.8 Å². The van der Waals surface area contributed by atoms with Crippen LogP contribution in [0, 0.1) is 17.3 Å². The van der Waals surface area contributed by atoms with Gasteiger partial charge in [-0.2, -0.15) is 0 Å². The predicted octanol–water partition coefficient (Wildman–Crippen LogP) is 6.37. The van der Waals surface area contributed by atoms with Crippen molar-refractivity contribution < 1.29 is 9.16 Å². The van der Waals surface area contributed by atoms with Gasteiger partial charge in [0, 0.05) is 5.92 Å². The van der Waals surface area contributed by atoms with E-state index < -0.39 is 9.04 Å². The molecule has 0 saturated heterocycles. The van der Waals surface area contributed by atoms with Crippen molar-refractivity contribution in [2.75, 3.05) is 0 Å². The average Bonchev–Trinajstić information content (AvgIpc) is 2.64. The molecule has 1 unspecified atom stereocenters. The first-order chi connectivity index (χ1) is 12.8. The van der Waals surface area contributed by atoms with Crippen molar-refractivity contribution in [1.29, 1.82) is 0 Å². The van der Waals surface area contributed by atoms with Gasteiger partial charge >= 0.3 is 0 Å². The molecule has 0 radical (unpaired) electrons. The minimum Gasteiger partial charge on any atom is -0.417 e. The highest BCUT2D eigenvalue weighted by Crippen LogP contribution is 2.42. The lowest BCUT2D eigenvalue weighted by atomic mass is 9.68. The zero-order valence-corrected chi connectivity index (χ0v) is 19.3. The van der Waals surface area contributed by atoms with Crippen LogP contribution in [0.5, 0.6) is 0 Å². The van der Waals surface area contributed by atoms with Crippen molar-refractivity contribution in [2.45, 2.75) is 84.8 Å². The van der Waals surface area contributed by atoms with E-state index in [0.29, 0.717) is 18.4 Å². The molecule has 1 fully saturated rings. The monoisotopic (exact) mass is 388 g/mol. The number of benzene rings is 1. The fraction of sp³-hybridized carbons (Fsp3) is 0.667. The number of ether oxygens (including phenoxy) is 1. The second-order valence-corrected chi connectivity index (χ2v) is 11.8.